The first-order valence-corrected chi connectivity index (χ1v) is 8.75. The van der Waals surface area contributed by atoms with E-state index in [-0.39, 0.29) is 0 Å². The van der Waals surface area contributed by atoms with E-state index in [2.05, 4.69) is 26.9 Å². The number of para-hydroxylation sites is 2. The summed E-state index contributed by atoms with van der Waals surface area (Å²) in [7, 11) is 0. The van der Waals surface area contributed by atoms with Crippen LogP contribution in [-0.2, 0) is 0 Å². The molecule has 122 valence electrons. The van der Waals surface area contributed by atoms with Crippen LogP contribution in [0.25, 0.3) is 10.2 Å². The zero-order chi connectivity index (χ0) is 16.9. The van der Waals surface area contributed by atoms with Gasteiger partial charge < -0.3 is 5.32 Å². The van der Waals surface area contributed by atoms with E-state index >= 15 is 0 Å². The van der Waals surface area contributed by atoms with Crippen molar-refractivity contribution in [3.8, 4) is 0 Å². The van der Waals surface area contributed by atoms with Crippen LogP contribution < -0.4 is 10.7 Å². The second-order valence-electron chi connectivity index (χ2n) is 5.47. The van der Waals surface area contributed by atoms with Crippen molar-refractivity contribution in [2.75, 3.05) is 10.7 Å². The average Bonchev–Trinajstić information content (AvgIpc) is 3.07. The highest BCUT2D eigenvalue weighted by Gasteiger charge is 2.00. The molecular weight excluding hydrogens is 328 g/mol. The van der Waals surface area contributed by atoms with Crippen LogP contribution >= 0.6 is 11.3 Å². The van der Waals surface area contributed by atoms with Gasteiger partial charge in [-0.1, -0.05) is 53.8 Å². The van der Waals surface area contributed by atoms with E-state index in [1.807, 2.05) is 72.8 Å². The number of hydrogen-bond acceptors (Lipinski definition) is 5. The summed E-state index contributed by atoms with van der Waals surface area (Å²) in [5, 5.41) is 8.42. The molecule has 25 heavy (non-hydrogen) atoms. The van der Waals surface area contributed by atoms with Crippen molar-refractivity contribution in [1.29, 1.82) is 0 Å². The molecule has 0 saturated carbocycles. The SMILES string of the molecule is C(=N/Nc1nc2ccccc2s1)/c1ccc(Nc2ccccc2)cc1. The van der Waals surface area contributed by atoms with Gasteiger partial charge in [-0.25, -0.2) is 4.98 Å². The molecule has 0 amide bonds. The van der Waals surface area contributed by atoms with Gasteiger partial charge in [-0.15, -0.1) is 0 Å². The van der Waals surface area contributed by atoms with E-state index in [1.54, 1.807) is 17.6 Å². The van der Waals surface area contributed by atoms with Gasteiger partial charge in [-0.2, -0.15) is 5.10 Å². The van der Waals surface area contributed by atoms with Crippen LogP contribution in [0.3, 0.4) is 0 Å². The Morgan fingerprint density at radius 3 is 2.32 bits per heavy atom. The lowest BCUT2D eigenvalue weighted by molar-refractivity contribution is 1.31. The third-order valence-corrected chi connectivity index (χ3v) is 4.58. The van der Waals surface area contributed by atoms with E-state index in [0.717, 1.165) is 32.3 Å². The molecular formula is C20H16N4S. The number of benzene rings is 3. The van der Waals surface area contributed by atoms with Gasteiger partial charge in [0.2, 0.25) is 5.13 Å². The molecule has 0 radical (unpaired) electrons. The molecule has 1 aromatic heterocycles. The molecule has 0 spiro atoms. The maximum Gasteiger partial charge on any atom is 0.204 e. The van der Waals surface area contributed by atoms with Crippen molar-refractivity contribution < 1.29 is 0 Å². The summed E-state index contributed by atoms with van der Waals surface area (Å²) in [5.41, 5.74) is 7.12. The van der Waals surface area contributed by atoms with Gasteiger partial charge in [0.1, 0.15) is 0 Å². The Kier molecular flexibility index (Phi) is 4.39. The van der Waals surface area contributed by atoms with Crippen molar-refractivity contribution >= 4 is 44.3 Å². The smallest absolute Gasteiger partial charge is 0.204 e. The van der Waals surface area contributed by atoms with Crippen molar-refractivity contribution in [1.82, 2.24) is 4.98 Å². The van der Waals surface area contributed by atoms with E-state index in [0.29, 0.717) is 0 Å². The van der Waals surface area contributed by atoms with E-state index < -0.39 is 0 Å². The lowest BCUT2D eigenvalue weighted by Gasteiger charge is -2.06. The van der Waals surface area contributed by atoms with Crippen molar-refractivity contribution in [3.05, 3.63) is 84.4 Å². The highest BCUT2D eigenvalue weighted by atomic mass is 32.1. The predicted octanol–water partition coefficient (Wildman–Crippen LogP) is 5.49. The predicted molar refractivity (Wildman–Crippen MR) is 107 cm³/mol. The first-order valence-electron chi connectivity index (χ1n) is 7.94. The lowest BCUT2D eigenvalue weighted by atomic mass is 10.2. The quantitative estimate of drug-likeness (QED) is 0.372. The number of rotatable bonds is 5. The fourth-order valence-electron chi connectivity index (χ4n) is 2.42. The second kappa shape index (κ2) is 7.15. The fourth-order valence-corrected chi connectivity index (χ4v) is 3.24. The second-order valence-corrected chi connectivity index (χ2v) is 6.50. The first kappa shape index (κ1) is 15.4. The molecule has 1 heterocycles. The molecule has 2 N–H and O–H groups in total. The largest absolute Gasteiger partial charge is 0.356 e. The Labute approximate surface area is 149 Å². The van der Waals surface area contributed by atoms with Gasteiger partial charge in [0, 0.05) is 11.4 Å². The van der Waals surface area contributed by atoms with Gasteiger partial charge in [0.05, 0.1) is 16.4 Å². The first-order chi connectivity index (χ1) is 12.4. The number of aromatic nitrogens is 1. The highest BCUT2D eigenvalue weighted by molar-refractivity contribution is 7.22. The van der Waals surface area contributed by atoms with Gasteiger partial charge in [-0.3, -0.25) is 5.43 Å². The number of nitrogens with one attached hydrogen (secondary N) is 2. The van der Waals surface area contributed by atoms with Gasteiger partial charge in [-0.05, 0) is 42.0 Å². The van der Waals surface area contributed by atoms with Crippen LogP contribution in [0, 0.1) is 0 Å². The Balaban J connectivity index is 1.39. The van der Waals surface area contributed by atoms with Crippen molar-refractivity contribution in [3.63, 3.8) is 0 Å². The van der Waals surface area contributed by atoms with Crippen molar-refractivity contribution in [2.24, 2.45) is 5.10 Å². The molecule has 0 unspecified atom stereocenters. The number of hydrazone groups is 1. The molecule has 0 saturated heterocycles. The third kappa shape index (κ3) is 3.84. The minimum Gasteiger partial charge on any atom is -0.356 e. The molecule has 5 heteroatoms. The molecule has 3 aromatic carbocycles. The monoisotopic (exact) mass is 344 g/mol. The van der Waals surface area contributed by atoms with Crippen LogP contribution in [0.2, 0.25) is 0 Å². The molecule has 0 atom stereocenters. The molecule has 0 aliphatic rings. The molecule has 4 aromatic rings. The molecule has 4 nitrogen and oxygen atoms in total. The molecule has 0 aliphatic heterocycles. The lowest BCUT2D eigenvalue weighted by Crippen LogP contribution is -1.92. The van der Waals surface area contributed by atoms with E-state index in [9.17, 15) is 0 Å². The standard InChI is InChI=1S/C20H16N4S/c1-2-6-16(7-3-1)22-17-12-10-15(11-13-17)14-21-24-20-23-18-8-4-5-9-19(18)25-20/h1-14,22H,(H,23,24)/b21-14-. The van der Waals surface area contributed by atoms with Gasteiger partial charge in [0.15, 0.2) is 0 Å². The summed E-state index contributed by atoms with van der Waals surface area (Å²) >= 11 is 1.59. The topological polar surface area (TPSA) is 49.3 Å². The fraction of sp³-hybridized carbons (Fsp3) is 0. The summed E-state index contributed by atoms with van der Waals surface area (Å²) in [6.07, 6.45) is 1.79. The van der Waals surface area contributed by atoms with Gasteiger partial charge >= 0.3 is 0 Å². The van der Waals surface area contributed by atoms with Crippen LogP contribution in [0.4, 0.5) is 16.5 Å². The van der Waals surface area contributed by atoms with E-state index in [4.69, 9.17) is 0 Å². The minimum atomic E-state index is 0.791. The Bertz CT molecular complexity index is 958. The maximum atomic E-state index is 4.49. The molecule has 0 fully saturated rings. The van der Waals surface area contributed by atoms with E-state index in [1.165, 1.54) is 0 Å². The zero-order valence-electron chi connectivity index (χ0n) is 13.4. The normalized spacial score (nSPS) is 11.0. The summed E-state index contributed by atoms with van der Waals surface area (Å²) in [6, 6.07) is 26.3. The van der Waals surface area contributed by atoms with Gasteiger partial charge in [0.25, 0.3) is 0 Å². The van der Waals surface area contributed by atoms with Crippen LogP contribution in [-0.4, -0.2) is 11.2 Å². The summed E-state index contributed by atoms with van der Waals surface area (Å²) in [5.74, 6) is 0. The number of hydrogen-bond donors (Lipinski definition) is 2. The number of nitrogens with zero attached hydrogens (tertiary/aromatic N) is 2. The summed E-state index contributed by atoms with van der Waals surface area (Å²) in [4.78, 5) is 4.49. The average molecular weight is 344 g/mol. The highest BCUT2D eigenvalue weighted by Crippen LogP contribution is 2.25. The summed E-state index contributed by atoms with van der Waals surface area (Å²) in [6.45, 7) is 0. The molecule has 0 bridgehead atoms. The minimum absolute atomic E-state index is 0.791. The maximum absolute atomic E-state index is 4.49. The summed E-state index contributed by atoms with van der Waals surface area (Å²) < 4.78 is 1.15. The third-order valence-electron chi connectivity index (χ3n) is 3.64. The number of thiazole rings is 1. The molecule has 4 rings (SSSR count). The Hall–Kier alpha value is -3.18. The molecule has 0 aliphatic carbocycles. The van der Waals surface area contributed by atoms with Crippen molar-refractivity contribution in [2.45, 2.75) is 0 Å². The zero-order valence-corrected chi connectivity index (χ0v) is 14.2. The van der Waals surface area contributed by atoms with Crippen LogP contribution in [0.1, 0.15) is 5.56 Å². The number of fused-ring (bicyclic) bond motifs is 1. The Morgan fingerprint density at radius 1 is 0.800 bits per heavy atom. The van der Waals surface area contributed by atoms with Crippen LogP contribution in [0.5, 0.6) is 0 Å². The van der Waals surface area contributed by atoms with Crippen LogP contribution in [0.15, 0.2) is 84.0 Å². The Morgan fingerprint density at radius 2 is 1.52 bits per heavy atom. The number of anilines is 3.